The summed E-state index contributed by atoms with van der Waals surface area (Å²) < 4.78 is 6.03. The summed E-state index contributed by atoms with van der Waals surface area (Å²) in [6, 6.07) is 19.6. The summed E-state index contributed by atoms with van der Waals surface area (Å²) in [6.07, 6.45) is 3.20. The molecule has 0 aliphatic carbocycles. The molecule has 2 N–H and O–H groups in total. The van der Waals surface area contributed by atoms with Crippen molar-refractivity contribution in [2.45, 2.75) is 6.92 Å². The van der Waals surface area contributed by atoms with Gasteiger partial charge in [-0.05, 0) is 31.2 Å². The lowest BCUT2D eigenvalue weighted by molar-refractivity contribution is 0.468. The molecule has 0 unspecified atom stereocenters. The molecule has 0 bridgehead atoms. The lowest BCUT2D eigenvalue weighted by Gasteiger charge is -2.23. The number of anilines is 3. The summed E-state index contributed by atoms with van der Waals surface area (Å²) in [5.41, 5.74) is 8.52. The van der Waals surface area contributed by atoms with Gasteiger partial charge in [0.15, 0.2) is 11.6 Å². The number of benzene rings is 2. The summed E-state index contributed by atoms with van der Waals surface area (Å²) in [6.45, 7) is 2.75. The van der Waals surface area contributed by atoms with E-state index >= 15 is 0 Å². The Balaban J connectivity index is 1.74. The number of hydrogen-bond acceptors (Lipinski definition) is 6. The Kier molecular flexibility index (Phi) is 4.53. The standard InChI is InChI=1S/C21H19N5O/c1-2-26(16-10-4-3-5-11-16)20-18(22)21(25-14-24-20)27-17-12-6-8-15-9-7-13-23-19(15)17/h3-14H,2,22H2,1H3. The fourth-order valence-corrected chi connectivity index (χ4v) is 2.99. The summed E-state index contributed by atoms with van der Waals surface area (Å²) in [7, 11) is 0. The van der Waals surface area contributed by atoms with Crippen LogP contribution in [0.3, 0.4) is 0 Å². The minimum absolute atomic E-state index is 0.313. The third-order valence-corrected chi connectivity index (χ3v) is 4.27. The maximum Gasteiger partial charge on any atom is 0.248 e. The van der Waals surface area contributed by atoms with Crippen molar-refractivity contribution in [2.75, 3.05) is 17.2 Å². The molecular weight excluding hydrogens is 338 g/mol. The van der Waals surface area contributed by atoms with E-state index in [9.17, 15) is 0 Å². The van der Waals surface area contributed by atoms with E-state index in [2.05, 4.69) is 15.0 Å². The molecule has 0 atom stereocenters. The van der Waals surface area contributed by atoms with Crippen LogP contribution >= 0.6 is 0 Å². The van der Waals surface area contributed by atoms with Gasteiger partial charge < -0.3 is 15.4 Å². The van der Waals surface area contributed by atoms with Crippen LogP contribution in [-0.2, 0) is 0 Å². The van der Waals surface area contributed by atoms with E-state index in [0.29, 0.717) is 29.7 Å². The predicted octanol–water partition coefficient (Wildman–Crippen LogP) is 4.56. The van der Waals surface area contributed by atoms with Gasteiger partial charge in [0.1, 0.15) is 17.5 Å². The Hall–Kier alpha value is -3.67. The van der Waals surface area contributed by atoms with Crippen molar-refractivity contribution in [3.63, 3.8) is 0 Å². The van der Waals surface area contributed by atoms with Crippen LogP contribution in [0.25, 0.3) is 10.9 Å². The van der Waals surface area contributed by atoms with Gasteiger partial charge in [-0.3, -0.25) is 4.98 Å². The topological polar surface area (TPSA) is 77.2 Å². The zero-order chi connectivity index (χ0) is 18.6. The molecule has 6 nitrogen and oxygen atoms in total. The zero-order valence-electron chi connectivity index (χ0n) is 14.9. The fourth-order valence-electron chi connectivity index (χ4n) is 2.99. The second kappa shape index (κ2) is 7.29. The van der Waals surface area contributed by atoms with Gasteiger partial charge in [0.05, 0.1) is 0 Å². The average Bonchev–Trinajstić information content (AvgIpc) is 2.72. The van der Waals surface area contributed by atoms with Gasteiger partial charge in [-0.25, -0.2) is 4.98 Å². The molecule has 2 heterocycles. The number of rotatable bonds is 5. The zero-order valence-corrected chi connectivity index (χ0v) is 14.9. The first-order chi connectivity index (χ1) is 13.3. The first-order valence-corrected chi connectivity index (χ1v) is 8.72. The Morgan fingerprint density at radius 3 is 2.56 bits per heavy atom. The molecule has 0 amide bonds. The van der Waals surface area contributed by atoms with Gasteiger partial charge in [-0.15, -0.1) is 0 Å². The molecule has 0 aliphatic heterocycles. The van der Waals surface area contributed by atoms with E-state index in [1.807, 2.05) is 72.5 Å². The Morgan fingerprint density at radius 1 is 0.926 bits per heavy atom. The Labute approximate surface area is 157 Å². The number of ether oxygens (including phenoxy) is 1. The number of nitrogens with zero attached hydrogens (tertiary/aromatic N) is 4. The van der Waals surface area contributed by atoms with E-state index in [4.69, 9.17) is 10.5 Å². The van der Waals surface area contributed by atoms with Crippen molar-refractivity contribution in [1.29, 1.82) is 0 Å². The minimum Gasteiger partial charge on any atom is -0.435 e. The number of hydrogen-bond donors (Lipinski definition) is 1. The largest absolute Gasteiger partial charge is 0.435 e. The Morgan fingerprint density at radius 2 is 1.74 bits per heavy atom. The first-order valence-electron chi connectivity index (χ1n) is 8.72. The summed E-state index contributed by atoms with van der Waals surface area (Å²) in [4.78, 5) is 15.1. The van der Waals surface area contributed by atoms with Crippen molar-refractivity contribution in [3.05, 3.63) is 73.2 Å². The van der Waals surface area contributed by atoms with Gasteiger partial charge >= 0.3 is 0 Å². The van der Waals surface area contributed by atoms with Crippen LogP contribution in [0.5, 0.6) is 11.6 Å². The molecule has 0 radical (unpaired) electrons. The van der Waals surface area contributed by atoms with Crippen LogP contribution in [0, 0.1) is 0 Å². The lowest BCUT2D eigenvalue weighted by Crippen LogP contribution is -2.19. The highest BCUT2D eigenvalue weighted by Crippen LogP contribution is 2.36. The Bertz CT molecular complexity index is 1060. The molecular formula is C21H19N5O. The fraction of sp³-hybridized carbons (Fsp3) is 0.0952. The van der Waals surface area contributed by atoms with E-state index in [0.717, 1.165) is 16.6 Å². The van der Waals surface area contributed by atoms with Crippen molar-refractivity contribution >= 4 is 28.1 Å². The molecule has 6 heteroatoms. The molecule has 0 saturated heterocycles. The van der Waals surface area contributed by atoms with Crippen molar-refractivity contribution in [1.82, 2.24) is 15.0 Å². The highest BCUT2D eigenvalue weighted by Gasteiger charge is 2.17. The second-order valence-electron chi connectivity index (χ2n) is 5.93. The van der Waals surface area contributed by atoms with Crippen LogP contribution in [0.2, 0.25) is 0 Å². The number of nitrogen functional groups attached to an aromatic ring is 1. The molecule has 0 fully saturated rings. The van der Waals surface area contributed by atoms with Crippen LogP contribution < -0.4 is 15.4 Å². The van der Waals surface area contributed by atoms with Crippen LogP contribution in [-0.4, -0.2) is 21.5 Å². The van der Waals surface area contributed by atoms with Gasteiger partial charge in [-0.1, -0.05) is 36.4 Å². The predicted molar refractivity (Wildman–Crippen MR) is 107 cm³/mol. The summed E-state index contributed by atoms with van der Waals surface area (Å²) >= 11 is 0. The van der Waals surface area contributed by atoms with E-state index in [1.54, 1.807) is 6.20 Å². The molecule has 0 spiro atoms. The second-order valence-corrected chi connectivity index (χ2v) is 5.93. The first kappa shape index (κ1) is 16.8. The van der Waals surface area contributed by atoms with Crippen molar-refractivity contribution in [2.24, 2.45) is 0 Å². The quantitative estimate of drug-likeness (QED) is 0.564. The van der Waals surface area contributed by atoms with Crippen molar-refractivity contribution < 1.29 is 4.74 Å². The third-order valence-electron chi connectivity index (χ3n) is 4.27. The number of para-hydroxylation sites is 2. The maximum atomic E-state index is 6.38. The van der Waals surface area contributed by atoms with Crippen LogP contribution in [0.1, 0.15) is 6.92 Å². The smallest absolute Gasteiger partial charge is 0.248 e. The monoisotopic (exact) mass is 357 g/mol. The summed E-state index contributed by atoms with van der Waals surface area (Å²) in [5.74, 6) is 1.53. The molecule has 27 heavy (non-hydrogen) atoms. The molecule has 0 aliphatic rings. The van der Waals surface area contributed by atoms with Gasteiger partial charge in [0.2, 0.25) is 5.88 Å². The van der Waals surface area contributed by atoms with Gasteiger partial charge in [-0.2, -0.15) is 4.98 Å². The van der Waals surface area contributed by atoms with Crippen LogP contribution in [0.15, 0.2) is 73.2 Å². The highest BCUT2D eigenvalue weighted by molar-refractivity contribution is 5.85. The van der Waals surface area contributed by atoms with E-state index in [1.165, 1.54) is 6.33 Å². The minimum atomic E-state index is 0.313. The van der Waals surface area contributed by atoms with Crippen LogP contribution in [0.4, 0.5) is 17.2 Å². The SMILES string of the molecule is CCN(c1ccccc1)c1ncnc(Oc2cccc3cccnc23)c1N. The molecule has 134 valence electrons. The lowest BCUT2D eigenvalue weighted by atomic mass is 10.2. The van der Waals surface area contributed by atoms with Gasteiger partial charge in [0, 0.05) is 23.8 Å². The van der Waals surface area contributed by atoms with E-state index in [-0.39, 0.29) is 0 Å². The molecule has 2 aromatic heterocycles. The van der Waals surface area contributed by atoms with E-state index < -0.39 is 0 Å². The maximum absolute atomic E-state index is 6.38. The number of nitrogens with two attached hydrogens (primary N) is 1. The van der Waals surface area contributed by atoms with Gasteiger partial charge in [0.25, 0.3) is 0 Å². The number of aromatic nitrogens is 3. The molecule has 2 aromatic carbocycles. The molecule has 4 rings (SSSR count). The number of fused-ring (bicyclic) bond motifs is 1. The molecule has 4 aromatic rings. The van der Waals surface area contributed by atoms with Crippen molar-refractivity contribution in [3.8, 4) is 11.6 Å². The normalized spacial score (nSPS) is 10.7. The average molecular weight is 357 g/mol. The molecule has 0 saturated carbocycles. The third kappa shape index (κ3) is 3.25. The highest BCUT2D eigenvalue weighted by atomic mass is 16.5. The summed E-state index contributed by atoms with van der Waals surface area (Å²) in [5, 5.41) is 0.988. The number of pyridine rings is 1.